The van der Waals surface area contributed by atoms with E-state index in [1.54, 1.807) is 0 Å². The number of hydrogen-bond acceptors (Lipinski definition) is 7. The number of hydrogen-bond donors (Lipinski definition) is 1. The summed E-state index contributed by atoms with van der Waals surface area (Å²) in [4.78, 5) is 27.5. The van der Waals surface area contributed by atoms with E-state index < -0.39 is 21.6 Å². The van der Waals surface area contributed by atoms with Gasteiger partial charge >= 0.3 is 188 Å². The molecule has 7 nitrogen and oxygen atoms in total. The molecule has 0 saturated carbocycles. The molecular weight excluding hydrogens is 505 g/mol. The van der Waals surface area contributed by atoms with Crippen molar-refractivity contribution in [2.75, 3.05) is 21.6 Å². The van der Waals surface area contributed by atoms with Crippen LogP contribution in [0.5, 0.6) is 0 Å². The number of aryl methyl sites for hydroxylation is 1. The first-order valence-electron chi connectivity index (χ1n) is 9.66. The number of rotatable bonds is 7. The first-order chi connectivity index (χ1) is 13.8. The van der Waals surface area contributed by atoms with Crippen molar-refractivity contribution in [3.05, 3.63) is 39.3 Å². The molecule has 158 valence electrons. The number of carbonyl (C=O) groups is 1. The van der Waals surface area contributed by atoms with Crippen LogP contribution in [-0.2, 0) is 20.8 Å². The molecule has 0 fully saturated rings. The second-order valence-electron chi connectivity index (χ2n) is 7.06. The van der Waals surface area contributed by atoms with Gasteiger partial charge in [-0.25, -0.2) is 0 Å². The van der Waals surface area contributed by atoms with E-state index in [2.05, 4.69) is 40.6 Å². The summed E-state index contributed by atoms with van der Waals surface area (Å²) < 4.78 is 6.28. The van der Waals surface area contributed by atoms with Crippen molar-refractivity contribution in [3.8, 4) is 0 Å². The molecule has 0 aromatic carbocycles. The Labute approximate surface area is 187 Å². The van der Waals surface area contributed by atoms with Gasteiger partial charge in [0, 0.05) is 0 Å². The Kier molecular flexibility index (Phi) is 7.15. The molecule has 1 atom stereocenters. The number of aromatic nitrogens is 3. The minimum absolute atomic E-state index is 0.122. The van der Waals surface area contributed by atoms with Crippen molar-refractivity contribution in [2.24, 2.45) is 0 Å². The van der Waals surface area contributed by atoms with Crippen LogP contribution in [0.15, 0.2) is 6.20 Å². The van der Waals surface area contributed by atoms with E-state index in [9.17, 15) is 4.79 Å². The molecule has 0 aliphatic carbocycles. The zero-order valence-electron chi connectivity index (χ0n) is 17.1. The van der Waals surface area contributed by atoms with Crippen LogP contribution in [0.3, 0.4) is 0 Å². The summed E-state index contributed by atoms with van der Waals surface area (Å²) >= 11 is 5.87. The van der Waals surface area contributed by atoms with Crippen LogP contribution in [0.4, 0.5) is 11.8 Å². The molecule has 2 aromatic rings. The van der Waals surface area contributed by atoms with Crippen LogP contribution >= 0.6 is 11.6 Å². The summed E-state index contributed by atoms with van der Waals surface area (Å²) in [7, 11) is 0. The van der Waals surface area contributed by atoms with E-state index >= 15 is 0 Å². The Bertz CT molecular complexity index is 924. The Hall–Kier alpha value is -1.68. The zero-order valence-corrected chi connectivity index (χ0v) is 20.0. The first-order valence-corrected chi connectivity index (χ1v) is 12.4. The van der Waals surface area contributed by atoms with Crippen molar-refractivity contribution in [1.29, 1.82) is 0 Å². The average Bonchev–Trinajstić information content (AvgIpc) is 3.00. The molecule has 0 saturated heterocycles. The summed E-state index contributed by atoms with van der Waals surface area (Å²) in [5.41, 5.74) is 11.3. The van der Waals surface area contributed by atoms with E-state index in [4.69, 9.17) is 20.4 Å². The topological polar surface area (TPSA) is 94.2 Å². The van der Waals surface area contributed by atoms with Crippen LogP contribution < -0.4 is 32.3 Å². The van der Waals surface area contributed by atoms with Gasteiger partial charge < -0.3 is 0 Å². The van der Waals surface area contributed by atoms with Gasteiger partial charge in [-0.2, -0.15) is 0 Å². The molecule has 9 heteroatoms. The van der Waals surface area contributed by atoms with E-state index in [1.165, 1.54) is 16.7 Å². The van der Waals surface area contributed by atoms with Gasteiger partial charge in [0.15, 0.2) is 0 Å². The third-order valence-electron chi connectivity index (χ3n) is 5.18. The van der Waals surface area contributed by atoms with Crippen LogP contribution in [0.25, 0.3) is 0 Å². The number of nitrogens with zero attached hydrogens (tertiary/aromatic N) is 4. The molecule has 0 spiro atoms. The first kappa shape index (κ1) is 22.0. The average molecular weight is 531 g/mol. The summed E-state index contributed by atoms with van der Waals surface area (Å²) in [6.45, 7) is 9.54. The molecule has 0 radical (unpaired) electrons. The van der Waals surface area contributed by atoms with Crippen molar-refractivity contribution in [2.45, 2.75) is 53.0 Å². The minimum atomic E-state index is -0.539. The molecule has 2 aromatic heterocycles. The van der Waals surface area contributed by atoms with Crippen molar-refractivity contribution < 1.29 is 29.5 Å². The SMILES string of the molecule is CC[I-]OC(=O)C[C@H]1CN(Cc2ncc(C)c(CC)c2C)c2nc(N)nc(Cl)c21. The number of alkyl halides is 1. The van der Waals surface area contributed by atoms with Crippen molar-refractivity contribution in [3.63, 3.8) is 0 Å². The number of fused-ring (bicyclic) bond motifs is 1. The normalized spacial score (nSPS) is 15.6. The van der Waals surface area contributed by atoms with Crippen LogP contribution in [-0.4, -0.2) is 31.9 Å². The van der Waals surface area contributed by atoms with Gasteiger partial charge in [0.2, 0.25) is 0 Å². The fraction of sp³-hybridized carbons (Fsp3) is 0.500. The van der Waals surface area contributed by atoms with Gasteiger partial charge in [0.25, 0.3) is 0 Å². The molecule has 29 heavy (non-hydrogen) atoms. The van der Waals surface area contributed by atoms with E-state index in [0.29, 0.717) is 24.1 Å². The number of anilines is 2. The van der Waals surface area contributed by atoms with E-state index in [-0.39, 0.29) is 24.3 Å². The predicted molar refractivity (Wildman–Crippen MR) is 110 cm³/mol. The summed E-state index contributed by atoms with van der Waals surface area (Å²) in [6, 6.07) is 0. The fourth-order valence-corrected chi connectivity index (χ4v) is 5.00. The van der Waals surface area contributed by atoms with Gasteiger partial charge in [0.05, 0.1) is 0 Å². The predicted octanol–water partition coefficient (Wildman–Crippen LogP) is 0.347. The summed E-state index contributed by atoms with van der Waals surface area (Å²) in [5, 5.41) is 0.306. The summed E-state index contributed by atoms with van der Waals surface area (Å²) in [6.07, 6.45) is 3.14. The quantitative estimate of drug-likeness (QED) is 0.314. The standard InChI is InChI=1S/C20H26ClIN5O2/c1-5-14-11(3)8-24-15(12(14)4)10-27-9-13(7-16(28)29-22-6-2)17-18(21)25-20(23)26-19(17)27/h8,13H,5-7,9-10H2,1-4H3,(H2,23,25,26)/q-1/t13-/m0/s1. The number of carbonyl (C=O) groups excluding carboxylic acids is 1. The Balaban J connectivity index is 1.91. The van der Waals surface area contributed by atoms with Crippen LogP contribution in [0.2, 0.25) is 5.15 Å². The third kappa shape index (κ3) is 4.74. The number of pyridine rings is 1. The molecule has 1 aliphatic heterocycles. The molecule has 3 heterocycles. The second-order valence-corrected chi connectivity index (χ2v) is 10.0. The van der Waals surface area contributed by atoms with Gasteiger partial charge in [0.1, 0.15) is 0 Å². The summed E-state index contributed by atoms with van der Waals surface area (Å²) in [5.74, 6) is 0.498. The van der Waals surface area contributed by atoms with Gasteiger partial charge in [-0.05, 0) is 0 Å². The number of halogens is 2. The molecule has 0 unspecified atom stereocenters. The van der Waals surface area contributed by atoms with Gasteiger partial charge in [-0.1, -0.05) is 0 Å². The molecule has 1 aliphatic rings. The van der Waals surface area contributed by atoms with Gasteiger partial charge in [-0.3, -0.25) is 0 Å². The Morgan fingerprint density at radius 1 is 1.38 bits per heavy atom. The molecular formula is C20H26ClIN5O2-. The number of nitrogen functional groups attached to an aromatic ring is 1. The van der Waals surface area contributed by atoms with Crippen LogP contribution in [0.1, 0.15) is 54.1 Å². The third-order valence-corrected chi connectivity index (χ3v) is 6.89. The maximum absolute atomic E-state index is 12.3. The maximum atomic E-state index is 12.3. The molecule has 0 bridgehead atoms. The van der Waals surface area contributed by atoms with Gasteiger partial charge in [-0.15, -0.1) is 0 Å². The van der Waals surface area contributed by atoms with Crippen LogP contribution in [0, 0.1) is 13.8 Å². The monoisotopic (exact) mass is 530 g/mol. The van der Waals surface area contributed by atoms with Crippen molar-refractivity contribution >= 4 is 29.3 Å². The molecule has 3 rings (SSSR count). The van der Waals surface area contributed by atoms with E-state index in [1.807, 2.05) is 13.1 Å². The Morgan fingerprint density at radius 3 is 2.83 bits per heavy atom. The number of nitrogens with two attached hydrogens (primary N) is 1. The molecule has 0 amide bonds. The second kappa shape index (κ2) is 9.42. The van der Waals surface area contributed by atoms with Crippen molar-refractivity contribution in [1.82, 2.24) is 15.0 Å². The van der Waals surface area contributed by atoms with E-state index in [0.717, 1.165) is 22.1 Å². The fourth-order valence-electron chi connectivity index (χ4n) is 3.84. The molecule has 2 N–H and O–H groups in total. The zero-order chi connectivity index (χ0) is 21.1. The Morgan fingerprint density at radius 2 is 2.14 bits per heavy atom.